The molecule has 6 heteroatoms. The van der Waals surface area contributed by atoms with Crippen LogP contribution in [0, 0.1) is 0 Å². The maximum absolute atomic E-state index is 12.2. The zero-order valence-electron chi connectivity index (χ0n) is 15.1. The minimum atomic E-state index is -0.417. The second kappa shape index (κ2) is 6.59. The van der Waals surface area contributed by atoms with Gasteiger partial charge in [0, 0.05) is 18.5 Å². The van der Waals surface area contributed by atoms with E-state index in [0.29, 0.717) is 30.2 Å². The lowest BCUT2D eigenvalue weighted by Crippen LogP contribution is -2.44. The molecule has 6 nitrogen and oxygen atoms in total. The summed E-state index contributed by atoms with van der Waals surface area (Å²) in [6.07, 6.45) is 3.39. The maximum Gasteiger partial charge on any atom is 0.251 e. The summed E-state index contributed by atoms with van der Waals surface area (Å²) in [6, 6.07) is 7.71. The monoisotopic (exact) mass is 342 g/mol. The second-order valence-corrected chi connectivity index (χ2v) is 7.85. The standard InChI is InChI=1S/C19H26N4O2/c1-18(2,3)14-7-5-13(6-8-14)16(24)21-12-9-15-22-17(23-25-15)19(20)10-4-11-19/h5-8H,4,9-12,20H2,1-3H3,(H,21,24). The van der Waals surface area contributed by atoms with Gasteiger partial charge in [0.1, 0.15) is 0 Å². The number of rotatable bonds is 5. The number of nitrogens with zero attached hydrogens (tertiary/aromatic N) is 2. The van der Waals surface area contributed by atoms with Crippen molar-refractivity contribution in [2.75, 3.05) is 6.54 Å². The van der Waals surface area contributed by atoms with Crippen LogP contribution in [0.4, 0.5) is 0 Å². The van der Waals surface area contributed by atoms with E-state index in [9.17, 15) is 4.79 Å². The van der Waals surface area contributed by atoms with Crippen molar-refractivity contribution >= 4 is 5.91 Å². The predicted octanol–water partition coefficient (Wildman–Crippen LogP) is 2.68. The molecule has 2 aromatic rings. The number of hydrogen-bond acceptors (Lipinski definition) is 5. The molecule has 1 aromatic heterocycles. The third-order valence-corrected chi connectivity index (χ3v) is 4.80. The van der Waals surface area contributed by atoms with E-state index in [4.69, 9.17) is 10.3 Å². The zero-order valence-corrected chi connectivity index (χ0v) is 15.1. The molecule has 1 aromatic carbocycles. The highest BCUT2D eigenvalue weighted by molar-refractivity contribution is 5.94. The molecule has 3 N–H and O–H groups in total. The van der Waals surface area contributed by atoms with E-state index < -0.39 is 5.54 Å². The summed E-state index contributed by atoms with van der Waals surface area (Å²) < 4.78 is 5.23. The molecule has 25 heavy (non-hydrogen) atoms. The number of carbonyl (C=O) groups is 1. The van der Waals surface area contributed by atoms with Gasteiger partial charge in [0.05, 0.1) is 5.54 Å². The molecule has 134 valence electrons. The quantitative estimate of drug-likeness (QED) is 0.871. The molecule has 1 saturated carbocycles. The number of hydrogen-bond donors (Lipinski definition) is 2. The molecule has 0 saturated heterocycles. The Morgan fingerprint density at radius 1 is 1.28 bits per heavy atom. The highest BCUT2D eigenvalue weighted by atomic mass is 16.5. The summed E-state index contributed by atoms with van der Waals surface area (Å²) in [5.41, 5.74) is 7.69. The number of carbonyl (C=O) groups excluding carboxylic acids is 1. The lowest BCUT2D eigenvalue weighted by atomic mass is 9.77. The minimum Gasteiger partial charge on any atom is -0.352 e. The number of amides is 1. The summed E-state index contributed by atoms with van der Waals surface area (Å²) >= 11 is 0. The molecule has 0 spiro atoms. The third kappa shape index (κ3) is 3.90. The number of benzene rings is 1. The molecule has 3 rings (SSSR count). The first-order valence-electron chi connectivity index (χ1n) is 8.79. The first kappa shape index (κ1) is 17.6. The predicted molar refractivity (Wildman–Crippen MR) is 95.2 cm³/mol. The van der Waals surface area contributed by atoms with Crippen molar-refractivity contribution < 1.29 is 9.32 Å². The largest absolute Gasteiger partial charge is 0.352 e. The van der Waals surface area contributed by atoms with Crippen LogP contribution in [0.5, 0.6) is 0 Å². The van der Waals surface area contributed by atoms with Crippen LogP contribution in [-0.4, -0.2) is 22.6 Å². The lowest BCUT2D eigenvalue weighted by molar-refractivity contribution is 0.0953. The van der Waals surface area contributed by atoms with E-state index in [2.05, 4.69) is 36.2 Å². The highest BCUT2D eigenvalue weighted by Crippen LogP contribution is 2.36. The summed E-state index contributed by atoms with van der Waals surface area (Å²) in [5, 5.41) is 6.86. The second-order valence-electron chi connectivity index (χ2n) is 7.85. The van der Waals surface area contributed by atoms with Gasteiger partial charge in [0.25, 0.3) is 5.91 Å². The van der Waals surface area contributed by atoms with E-state index in [1.54, 1.807) is 0 Å². The van der Waals surface area contributed by atoms with E-state index in [0.717, 1.165) is 19.3 Å². The van der Waals surface area contributed by atoms with E-state index in [1.807, 2.05) is 24.3 Å². The molecule has 0 atom stereocenters. The first-order valence-corrected chi connectivity index (χ1v) is 8.79. The zero-order chi connectivity index (χ0) is 18.1. The van der Waals surface area contributed by atoms with Crippen LogP contribution < -0.4 is 11.1 Å². The molecule has 1 fully saturated rings. The number of aromatic nitrogens is 2. The molecule has 1 amide bonds. The molecule has 0 unspecified atom stereocenters. The Morgan fingerprint density at radius 3 is 2.52 bits per heavy atom. The van der Waals surface area contributed by atoms with Crippen LogP contribution in [0.15, 0.2) is 28.8 Å². The molecule has 1 aliphatic carbocycles. The van der Waals surface area contributed by atoms with Gasteiger partial charge >= 0.3 is 0 Å². The van der Waals surface area contributed by atoms with Crippen LogP contribution in [0.1, 0.15) is 67.7 Å². The van der Waals surface area contributed by atoms with Crippen molar-refractivity contribution in [3.8, 4) is 0 Å². The number of nitrogens with one attached hydrogen (secondary N) is 1. The molecule has 0 bridgehead atoms. The normalized spacial score (nSPS) is 16.3. The van der Waals surface area contributed by atoms with Crippen LogP contribution in [0.2, 0.25) is 0 Å². The van der Waals surface area contributed by atoms with Gasteiger partial charge in [-0.05, 0) is 42.4 Å². The third-order valence-electron chi connectivity index (χ3n) is 4.80. The fourth-order valence-corrected chi connectivity index (χ4v) is 2.85. The van der Waals surface area contributed by atoms with Gasteiger partial charge in [-0.1, -0.05) is 38.1 Å². The van der Waals surface area contributed by atoms with Gasteiger partial charge in [-0.15, -0.1) is 0 Å². The Kier molecular flexibility index (Phi) is 4.64. The summed E-state index contributed by atoms with van der Waals surface area (Å²) in [5.74, 6) is 0.988. The Morgan fingerprint density at radius 2 is 1.96 bits per heavy atom. The van der Waals surface area contributed by atoms with Crippen molar-refractivity contribution in [3.63, 3.8) is 0 Å². The molecular weight excluding hydrogens is 316 g/mol. The van der Waals surface area contributed by atoms with Gasteiger partial charge in [-0.3, -0.25) is 4.79 Å². The van der Waals surface area contributed by atoms with Gasteiger partial charge in [-0.25, -0.2) is 0 Å². The van der Waals surface area contributed by atoms with Gasteiger partial charge in [-0.2, -0.15) is 4.98 Å². The van der Waals surface area contributed by atoms with Crippen molar-refractivity contribution in [1.29, 1.82) is 0 Å². The Bertz CT molecular complexity index is 740. The minimum absolute atomic E-state index is 0.0749. The first-order chi connectivity index (χ1) is 11.8. The molecule has 1 heterocycles. The average molecular weight is 342 g/mol. The van der Waals surface area contributed by atoms with Gasteiger partial charge < -0.3 is 15.6 Å². The van der Waals surface area contributed by atoms with Crippen LogP contribution in [0.25, 0.3) is 0 Å². The lowest BCUT2D eigenvalue weighted by Gasteiger charge is -2.34. The summed E-state index contributed by atoms with van der Waals surface area (Å²) in [4.78, 5) is 16.6. The van der Waals surface area contributed by atoms with Crippen LogP contribution >= 0.6 is 0 Å². The summed E-state index contributed by atoms with van der Waals surface area (Å²) in [7, 11) is 0. The Balaban J connectivity index is 1.51. The maximum atomic E-state index is 12.2. The Labute approximate surface area is 148 Å². The van der Waals surface area contributed by atoms with Crippen molar-refractivity contribution in [3.05, 3.63) is 47.1 Å². The smallest absolute Gasteiger partial charge is 0.251 e. The molecule has 0 aliphatic heterocycles. The topological polar surface area (TPSA) is 94.0 Å². The molecular formula is C19H26N4O2. The van der Waals surface area contributed by atoms with Crippen molar-refractivity contribution in [1.82, 2.24) is 15.5 Å². The van der Waals surface area contributed by atoms with E-state index in [1.165, 1.54) is 5.56 Å². The van der Waals surface area contributed by atoms with Crippen LogP contribution in [-0.2, 0) is 17.4 Å². The Hall–Kier alpha value is -2.21. The number of nitrogens with two attached hydrogens (primary N) is 1. The highest BCUT2D eigenvalue weighted by Gasteiger charge is 2.38. The van der Waals surface area contributed by atoms with Gasteiger partial charge in [0.2, 0.25) is 5.89 Å². The fourth-order valence-electron chi connectivity index (χ4n) is 2.85. The molecule has 1 aliphatic rings. The van der Waals surface area contributed by atoms with Gasteiger partial charge in [0.15, 0.2) is 5.82 Å². The van der Waals surface area contributed by atoms with Crippen molar-refractivity contribution in [2.24, 2.45) is 5.73 Å². The van der Waals surface area contributed by atoms with Crippen molar-refractivity contribution in [2.45, 2.75) is 57.4 Å². The molecule has 0 radical (unpaired) electrons. The SMILES string of the molecule is CC(C)(C)c1ccc(C(=O)NCCc2nc(C3(N)CCC3)no2)cc1. The summed E-state index contributed by atoms with van der Waals surface area (Å²) in [6.45, 7) is 6.89. The average Bonchev–Trinajstić information content (AvgIpc) is 3.01. The van der Waals surface area contributed by atoms with E-state index in [-0.39, 0.29) is 11.3 Å². The van der Waals surface area contributed by atoms with Crippen LogP contribution in [0.3, 0.4) is 0 Å². The van der Waals surface area contributed by atoms with E-state index >= 15 is 0 Å². The fraction of sp³-hybridized carbons (Fsp3) is 0.526.